The summed E-state index contributed by atoms with van der Waals surface area (Å²) in [6, 6.07) is 7.52. The third-order valence-corrected chi connectivity index (χ3v) is 4.11. The van der Waals surface area contributed by atoms with Gasteiger partial charge in [-0.15, -0.1) is 0 Å². The van der Waals surface area contributed by atoms with Gasteiger partial charge in [0, 0.05) is 5.56 Å². The van der Waals surface area contributed by atoms with Crippen LogP contribution >= 0.6 is 15.9 Å². The van der Waals surface area contributed by atoms with E-state index in [1.165, 1.54) is 18.3 Å². The van der Waals surface area contributed by atoms with Gasteiger partial charge in [-0.05, 0) is 72.6 Å². The zero-order valence-corrected chi connectivity index (χ0v) is 17.6. The molecule has 1 N–H and O–H groups in total. The van der Waals surface area contributed by atoms with E-state index in [-0.39, 0.29) is 11.7 Å². The average molecular weight is 473 g/mol. The van der Waals surface area contributed by atoms with Gasteiger partial charge in [0.15, 0.2) is 11.5 Å². The highest BCUT2D eigenvalue weighted by atomic mass is 79.9. The van der Waals surface area contributed by atoms with E-state index in [9.17, 15) is 18.0 Å². The first-order valence-electron chi connectivity index (χ1n) is 8.75. The third kappa shape index (κ3) is 6.49. The monoisotopic (exact) mass is 472 g/mol. The van der Waals surface area contributed by atoms with Crippen LogP contribution in [0.15, 0.2) is 46.0 Å². The summed E-state index contributed by atoms with van der Waals surface area (Å²) in [5.41, 5.74) is 1.77. The highest BCUT2D eigenvalue weighted by Gasteiger charge is 2.30. The maximum atomic E-state index is 12.8. The quantitative estimate of drug-likeness (QED) is 0.432. The summed E-state index contributed by atoms with van der Waals surface area (Å²) in [6.45, 7) is 6.04. The molecule has 0 aliphatic heterocycles. The number of halogens is 4. The molecule has 1 amide bonds. The molecule has 0 unspecified atom stereocenters. The summed E-state index contributed by atoms with van der Waals surface area (Å²) in [6.07, 6.45) is -3.23. The van der Waals surface area contributed by atoms with E-state index in [1.54, 1.807) is 12.1 Å². The minimum atomic E-state index is -4.53. The number of benzene rings is 2. The van der Waals surface area contributed by atoms with Gasteiger partial charge in [0.05, 0.1) is 29.0 Å². The van der Waals surface area contributed by atoms with Crippen LogP contribution in [-0.4, -0.2) is 24.8 Å². The van der Waals surface area contributed by atoms with Crippen molar-refractivity contribution in [1.82, 2.24) is 5.43 Å². The lowest BCUT2D eigenvalue weighted by atomic mass is 10.1. The van der Waals surface area contributed by atoms with E-state index in [0.717, 1.165) is 12.1 Å². The fourth-order valence-electron chi connectivity index (χ4n) is 2.34. The zero-order chi connectivity index (χ0) is 21.6. The molecular weight excluding hydrogens is 453 g/mol. The van der Waals surface area contributed by atoms with Crippen molar-refractivity contribution < 1.29 is 27.4 Å². The van der Waals surface area contributed by atoms with Crippen molar-refractivity contribution in [3.8, 4) is 11.5 Å². The molecule has 2 aromatic rings. The van der Waals surface area contributed by atoms with Gasteiger partial charge in [-0.2, -0.15) is 18.3 Å². The van der Waals surface area contributed by atoms with Crippen molar-refractivity contribution in [3.05, 3.63) is 57.6 Å². The molecule has 0 heterocycles. The van der Waals surface area contributed by atoms with Gasteiger partial charge < -0.3 is 9.47 Å². The molecule has 0 aromatic heterocycles. The second-order valence-corrected chi connectivity index (χ2v) is 7.06. The number of rotatable bonds is 7. The summed E-state index contributed by atoms with van der Waals surface area (Å²) in [7, 11) is 0. The molecule has 29 heavy (non-hydrogen) atoms. The maximum absolute atomic E-state index is 12.8. The Morgan fingerprint density at radius 1 is 1.28 bits per heavy atom. The summed E-state index contributed by atoms with van der Waals surface area (Å²) in [5.74, 6) is 0.296. The lowest BCUT2D eigenvalue weighted by molar-refractivity contribution is -0.137. The Labute approximate surface area is 175 Å². The number of nitrogens with zero attached hydrogens (tertiary/aromatic N) is 1. The predicted molar refractivity (Wildman–Crippen MR) is 108 cm³/mol. The van der Waals surface area contributed by atoms with Crippen LogP contribution in [0.5, 0.6) is 11.5 Å². The zero-order valence-electron chi connectivity index (χ0n) is 16.0. The van der Waals surface area contributed by atoms with Crippen LogP contribution in [0.1, 0.15) is 42.3 Å². The van der Waals surface area contributed by atoms with E-state index in [1.807, 2.05) is 20.8 Å². The standard InChI is InChI=1S/C20H20BrF3N2O3/c1-4-28-17-9-13(8-16(21)18(17)29-12(2)3)11-25-26-19(27)14-6-5-7-15(10-14)20(22,23)24/h5-12H,4H2,1-3H3,(H,26,27)/b25-11-. The van der Waals surface area contributed by atoms with Crippen molar-refractivity contribution in [3.63, 3.8) is 0 Å². The highest BCUT2D eigenvalue weighted by Crippen LogP contribution is 2.37. The number of hydrazone groups is 1. The Kier molecular flexibility index (Phi) is 7.66. The smallest absolute Gasteiger partial charge is 0.416 e. The van der Waals surface area contributed by atoms with Gasteiger partial charge in [-0.1, -0.05) is 6.07 Å². The Bertz CT molecular complexity index is 899. The fraction of sp³-hybridized carbons (Fsp3) is 0.300. The first kappa shape index (κ1) is 22.7. The second-order valence-electron chi connectivity index (χ2n) is 6.21. The number of carbonyl (C=O) groups is 1. The van der Waals surface area contributed by atoms with Gasteiger partial charge in [0.1, 0.15) is 0 Å². The van der Waals surface area contributed by atoms with E-state index in [4.69, 9.17) is 9.47 Å². The number of carbonyl (C=O) groups excluding carboxylic acids is 1. The summed E-state index contributed by atoms with van der Waals surface area (Å²) in [4.78, 5) is 12.1. The lowest BCUT2D eigenvalue weighted by Gasteiger charge is -2.16. The maximum Gasteiger partial charge on any atom is 0.416 e. The number of hydrogen-bond acceptors (Lipinski definition) is 4. The van der Waals surface area contributed by atoms with Crippen molar-refractivity contribution in [2.45, 2.75) is 33.1 Å². The van der Waals surface area contributed by atoms with Crippen LogP contribution in [0.25, 0.3) is 0 Å². The minimum Gasteiger partial charge on any atom is -0.490 e. The van der Waals surface area contributed by atoms with Crippen LogP contribution in [0, 0.1) is 0 Å². The Morgan fingerprint density at radius 3 is 2.62 bits per heavy atom. The van der Waals surface area contributed by atoms with Crippen LogP contribution in [0.4, 0.5) is 13.2 Å². The van der Waals surface area contributed by atoms with E-state index >= 15 is 0 Å². The van der Waals surface area contributed by atoms with Crippen LogP contribution in [0.3, 0.4) is 0 Å². The molecule has 0 aliphatic carbocycles. The summed E-state index contributed by atoms with van der Waals surface area (Å²) >= 11 is 3.42. The van der Waals surface area contributed by atoms with Gasteiger partial charge in [-0.25, -0.2) is 5.43 Å². The lowest BCUT2D eigenvalue weighted by Crippen LogP contribution is -2.18. The molecule has 0 aliphatic rings. The van der Waals surface area contributed by atoms with Crippen LogP contribution in [0.2, 0.25) is 0 Å². The molecule has 9 heteroatoms. The molecular formula is C20H20BrF3N2O3. The largest absolute Gasteiger partial charge is 0.490 e. The van der Waals surface area contributed by atoms with Crippen LogP contribution < -0.4 is 14.9 Å². The first-order chi connectivity index (χ1) is 13.6. The SMILES string of the molecule is CCOc1cc(/C=N\NC(=O)c2cccc(C(F)(F)F)c2)cc(Br)c1OC(C)C. The number of amides is 1. The molecule has 2 aromatic carbocycles. The molecule has 156 valence electrons. The van der Waals surface area contributed by atoms with E-state index in [0.29, 0.717) is 28.1 Å². The number of nitrogens with one attached hydrogen (secondary N) is 1. The average Bonchev–Trinajstić information content (AvgIpc) is 2.64. The third-order valence-electron chi connectivity index (χ3n) is 3.52. The molecule has 0 saturated carbocycles. The molecule has 0 spiro atoms. The normalized spacial score (nSPS) is 11.7. The van der Waals surface area contributed by atoms with Crippen molar-refractivity contribution >= 4 is 28.1 Å². The minimum absolute atomic E-state index is 0.0585. The molecule has 0 radical (unpaired) electrons. The molecule has 2 rings (SSSR count). The fourth-order valence-corrected chi connectivity index (χ4v) is 2.90. The molecule has 0 bridgehead atoms. The predicted octanol–water partition coefficient (Wildman–Crippen LogP) is 5.42. The first-order valence-corrected chi connectivity index (χ1v) is 9.54. The number of hydrogen-bond donors (Lipinski definition) is 1. The molecule has 5 nitrogen and oxygen atoms in total. The Hall–Kier alpha value is -2.55. The van der Waals surface area contributed by atoms with Gasteiger partial charge in [0.25, 0.3) is 5.91 Å². The molecule has 0 fully saturated rings. The Balaban J connectivity index is 2.16. The number of alkyl halides is 3. The van der Waals surface area contributed by atoms with Gasteiger partial charge in [-0.3, -0.25) is 4.79 Å². The van der Waals surface area contributed by atoms with E-state index < -0.39 is 17.6 Å². The topological polar surface area (TPSA) is 59.9 Å². The van der Waals surface area contributed by atoms with Crippen molar-refractivity contribution in [1.29, 1.82) is 0 Å². The van der Waals surface area contributed by atoms with Crippen molar-refractivity contribution in [2.24, 2.45) is 5.10 Å². The van der Waals surface area contributed by atoms with Crippen LogP contribution in [-0.2, 0) is 6.18 Å². The molecule has 0 atom stereocenters. The van der Waals surface area contributed by atoms with Gasteiger partial charge >= 0.3 is 6.18 Å². The molecule has 0 saturated heterocycles. The summed E-state index contributed by atoms with van der Waals surface area (Å²) < 4.78 is 50.3. The number of ether oxygens (including phenoxy) is 2. The summed E-state index contributed by atoms with van der Waals surface area (Å²) in [5, 5.41) is 3.82. The van der Waals surface area contributed by atoms with Gasteiger partial charge in [0.2, 0.25) is 0 Å². The van der Waals surface area contributed by atoms with E-state index in [2.05, 4.69) is 26.5 Å². The highest BCUT2D eigenvalue weighted by molar-refractivity contribution is 9.10. The second kappa shape index (κ2) is 9.78. The Morgan fingerprint density at radius 2 is 2.00 bits per heavy atom. The van der Waals surface area contributed by atoms with Crippen molar-refractivity contribution in [2.75, 3.05) is 6.61 Å².